The zero-order chi connectivity index (χ0) is 15.9. The predicted octanol–water partition coefficient (Wildman–Crippen LogP) is 2.36. The van der Waals surface area contributed by atoms with Crippen LogP contribution in [0.25, 0.3) is 0 Å². The number of carbonyl (C=O) groups excluding carboxylic acids is 1. The fourth-order valence-electron chi connectivity index (χ4n) is 2.09. The molecule has 0 bridgehead atoms. The van der Waals surface area contributed by atoms with Crippen LogP contribution >= 0.6 is 0 Å². The van der Waals surface area contributed by atoms with Crippen LogP contribution in [-0.4, -0.2) is 49.6 Å². The van der Waals surface area contributed by atoms with Gasteiger partial charge in [-0.2, -0.15) is 0 Å². The number of likely N-dealkylation sites (tertiary alicyclic amines) is 1. The molecule has 6 nitrogen and oxygen atoms in total. The van der Waals surface area contributed by atoms with Crippen molar-refractivity contribution in [3.63, 3.8) is 0 Å². The molecule has 0 aromatic carbocycles. The highest BCUT2D eigenvalue weighted by Gasteiger charge is 2.27. The van der Waals surface area contributed by atoms with Crippen molar-refractivity contribution >= 4 is 12.3 Å². The zero-order valence-corrected chi connectivity index (χ0v) is 13.4. The van der Waals surface area contributed by atoms with Gasteiger partial charge in [-0.3, -0.25) is 0 Å². The van der Waals surface area contributed by atoms with Gasteiger partial charge in [0.25, 0.3) is 0 Å². The molecule has 0 spiro atoms. The monoisotopic (exact) mass is 297 g/mol. The van der Waals surface area contributed by atoms with E-state index in [9.17, 15) is 4.79 Å². The molecule has 1 aliphatic heterocycles. The van der Waals surface area contributed by atoms with Gasteiger partial charge in [-0.05, 0) is 39.5 Å². The Morgan fingerprint density at radius 1 is 1.38 bits per heavy atom. The maximum Gasteiger partial charge on any atom is 0.410 e. The molecule has 1 fully saturated rings. The molecule has 0 atom stereocenters. The van der Waals surface area contributed by atoms with Gasteiger partial charge in [-0.15, -0.1) is 0 Å². The molecular weight excluding hydrogens is 270 g/mol. The number of hydrogen-bond donors (Lipinski definition) is 2. The lowest BCUT2D eigenvalue weighted by atomic mass is 9.98. The van der Waals surface area contributed by atoms with Crippen LogP contribution in [0.2, 0.25) is 0 Å². The summed E-state index contributed by atoms with van der Waals surface area (Å²) in [5, 5.41) is 10.1. The molecule has 0 unspecified atom stereocenters. The Morgan fingerprint density at radius 3 is 2.48 bits per heavy atom. The maximum atomic E-state index is 11.9. The summed E-state index contributed by atoms with van der Waals surface area (Å²) in [4.78, 5) is 13.7. The predicted molar refractivity (Wildman–Crippen MR) is 82.4 cm³/mol. The highest BCUT2D eigenvalue weighted by molar-refractivity contribution is 5.72. The molecule has 0 aliphatic carbocycles. The van der Waals surface area contributed by atoms with Crippen molar-refractivity contribution in [2.45, 2.75) is 39.2 Å². The summed E-state index contributed by atoms with van der Waals surface area (Å²) in [5.41, 5.74) is -0.451. The third kappa shape index (κ3) is 6.51. The maximum absolute atomic E-state index is 11.9. The van der Waals surface area contributed by atoms with Crippen LogP contribution < -0.4 is 5.32 Å². The summed E-state index contributed by atoms with van der Waals surface area (Å²) in [5.74, 6) is 0.927. The lowest BCUT2D eigenvalue weighted by Gasteiger charge is -2.33. The summed E-state index contributed by atoms with van der Waals surface area (Å²) in [6, 6.07) is 0. The van der Waals surface area contributed by atoms with E-state index in [0.29, 0.717) is 31.4 Å². The first-order valence-electron chi connectivity index (χ1n) is 7.34. The van der Waals surface area contributed by atoms with E-state index in [1.165, 1.54) is 6.21 Å². The number of ether oxygens (including phenoxy) is 2. The molecule has 0 radical (unpaired) electrons. The van der Waals surface area contributed by atoms with E-state index < -0.39 is 5.60 Å². The van der Waals surface area contributed by atoms with Gasteiger partial charge in [0.1, 0.15) is 5.60 Å². The van der Waals surface area contributed by atoms with Crippen LogP contribution in [0.5, 0.6) is 0 Å². The van der Waals surface area contributed by atoms with Gasteiger partial charge in [-0.25, -0.2) is 4.79 Å². The van der Waals surface area contributed by atoms with Gasteiger partial charge in [-0.1, -0.05) is 0 Å². The smallest absolute Gasteiger partial charge is 0.410 e. The number of rotatable bonds is 5. The van der Waals surface area contributed by atoms with Crippen molar-refractivity contribution in [1.29, 1.82) is 5.41 Å². The van der Waals surface area contributed by atoms with E-state index in [1.807, 2.05) is 20.8 Å². The average Bonchev–Trinajstić information content (AvgIpc) is 2.42. The Bertz CT molecular complexity index is 380. The minimum Gasteiger partial charge on any atom is -0.490 e. The lowest BCUT2D eigenvalue weighted by Crippen LogP contribution is -2.42. The fourth-order valence-corrected chi connectivity index (χ4v) is 2.09. The topological polar surface area (TPSA) is 74.7 Å². The van der Waals surface area contributed by atoms with Crippen molar-refractivity contribution < 1.29 is 14.3 Å². The summed E-state index contributed by atoms with van der Waals surface area (Å²) in [6.45, 7) is 7.58. The van der Waals surface area contributed by atoms with Crippen LogP contribution in [0.4, 0.5) is 4.79 Å². The molecule has 1 amide bonds. The van der Waals surface area contributed by atoms with E-state index in [-0.39, 0.29) is 6.09 Å². The Morgan fingerprint density at radius 2 is 2.00 bits per heavy atom. The second kappa shape index (κ2) is 7.90. The molecule has 21 heavy (non-hydrogen) atoms. The molecule has 2 N–H and O–H groups in total. The van der Waals surface area contributed by atoms with Gasteiger partial charge >= 0.3 is 6.09 Å². The van der Waals surface area contributed by atoms with Crippen LogP contribution in [0.1, 0.15) is 33.6 Å². The van der Waals surface area contributed by atoms with E-state index >= 15 is 0 Å². The van der Waals surface area contributed by atoms with Crippen molar-refractivity contribution in [3.05, 3.63) is 12.0 Å². The quantitative estimate of drug-likeness (QED) is 0.603. The second-order valence-electron chi connectivity index (χ2n) is 6.20. The number of carbonyl (C=O) groups is 1. The minimum atomic E-state index is -0.451. The summed E-state index contributed by atoms with van der Waals surface area (Å²) in [6.07, 6.45) is 4.39. The molecule has 0 aromatic heterocycles. The lowest BCUT2D eigenvalue weighted by molar-refractivity contribution is 0.0151. The fraction of sp³-hybridized carbons (Fsp3) is 0.733. The van der Waals surface area contributed by atoms with Gasteiger partial charge in [0.05, 0.1) is 12.8 Å². The first-order valence-corrected chi connectivity index (χ1v) is 7.34. The Hall–Kier alpha value is -1.72. The first-order chi connectivity index (χ1) is 9.85. The number of hydrogen-bond acceptors (Lipinski definition) is 5. The van der Waals surface area contributed by atoms with Gasteiger partial charge in [0.2, 0.25) is 0 Å². The standard InChI is InChI=1S/C15H27N3O3/c1-15(2,3)21-14(19)18-7-5-12(6-8-18)11-20-13(9-16)10-17-4/h9-10,12,16-17H,5-8,11H2,1-4H3/b13-10+,16-9?. The van der Waals surface area contributed by atoms with Crippen LogP contribution in [-0.2, 0) is 9.47 Å². The number of nitrogens with one attached hydrogen (secondary N) is 2. The molecule has 6 heteroatoms. The van der Waals surface area contributed by atoms with Gasteiger partial charge < -0.3 is 25.1 Å². The first kappa shape index (κ1) is 17.3. The SMILES string of the molecule is CN/C=C(\C=N)OCC1CCN(C(=O)OC(C)(C)C)CC1. The molecule has 1 heterocycles. The van der Waals surface area contributed by atoms with Crippen molar-refractivity contribution in [3.8, 4) is 0 Å². The van der Waals surface area contributed by atoms with Crippen molar-refractivity contribution in [1.82, 2.24) is 10.2 Å². The molecule has 1 rings (SSSR count). The third-order valence-corrected chi connectivity index (χ3v) is 3.18. The van der Waals surface area contributed by atoms with Crippen LogP contribution in [0.15, 0.2) is 12.0 Å². The molecule has 0 saturated carbocycles. The minimum absolute atomic E-state index is 0.239. The average molecular weight is 297 g/mol. The normalized spacial score (nSPS) is 17.3. The summed E-state index contributed by atoms with van der Waals surface area (Å²) < 4.78 is 10.9. The van der Waals surface area contributed by atoms with Crippen molar-refractivity contribution in [2.24, 2.45) is 5.92 Å². The number of allylic oxidation sites excluding steroid dienone is 1. The Labute approximate surface area is 127 Å². The number of nitrogens with zero attached hydrogens (tertiary/aromatic N) is 1. The Kier molecular flexibility index (Phi) is 6.52. The highest BCUT2D eigenvalue weighted by atomic mass is 16.6. The van der Waals surface area contributed by atoms with Crippen LogP contribution in [0, 0.1) is 11.3 Å². The molecule has 1 aliphatic rings. The molecule has 1 saturated heterocycles. The van der Waals surface area contributed by atoms with E-state index in [4.69, 9.17) is 14.9 Å². The van der Waals surface area contributed by atoms with Crippen LogP contribution in [0.3, 0.4) is 0 Å². The summed E-state index contributed by atoms with van der Waals surface area (Å²) in [7, 11) is 1.77. The summed E-state index contributed by atoms with van der Waals surface area (Å²) >= 11 is 0. The second-order valence-corrected chi connectivity index (χ2v) is 6.20. The highest BCUT2D eigenvalue weighted by Crippen LogP contribution is 2.20. The van der Waals surface area contributed by atoms with E-state index in [1.54, 1.807) is 18.1 Å². The molecule has 0 aromatic rings. The number of piperidine rings is 1. The van der Waals surface area contributed by atoms with Gasteiger partial charge in [0, 0.05) is 26.3 Å². The third-order valence-electron chi connectivity index (χ3n) is 3.18. The zero-order valence-electron chi connectivity index (χ0n) is 13.4. The number of amides is 1. The molecule has 120 valence electrons. The largest absolute Gasteiger partial charge is 0.490 e. The molecular formula is C15H27N3O3. The van der Waals surface area contributed by atoms with Crippen molar-refractivity contribution in [2.75, 3.05) is 26.7 Å². The Balaban J connectivity index is 2.34. The van der Waals surface area contributed by atoms with Gasteiger partial charge in [0.15, 0.2) is 5.76 Å². The van der Waals surface area contributed by atoms with E-state index in [0.717, 1.165) is 12.8 Å². The van der Waals surface area contributed by atoms with E-state index in [2.05, 4.69) is 5.32 Å².